The van der Waals surface area contributed by atoms with Crippen LogP contribution in [0.3, 0.4) is 0 Å². The molecule has 76 heavy (non-hydrogen) atoms. The van der Waals surface area contributed by atoms with Crippen molar-refractivity contribution in [2.45, 2.75) is 5.41 Å². The summed E-state index contributed by atoms with van der Waals surface area (Å²) in [5, 5.41) is 5.05. The van der Waals surface area contributed by atoms with E-state index in [4.69, 9.17) is 0 Å². The van der Waals surface area contributed by atoms with Crippen LogP contribution in [-0.4, -0.2) is 9.13 Å². The normalized spacial score (nSPS) is 14.1. The molecule has 354 valence electrons. The molecule has 0 N–H and O–H groups in total. The lowest BCUT2D eigenvalue weighted by Crippen LogP contribution is -2.33. The van der Waals surface area contributed by atoms with E-state index in [1.54, 1.807) is 0 Å². The summed E-state index contributed by atoms with van der Waals surface area (Å²) in [4.78, 5) is 2.48. The van der Waals surface area contributed by atoms with E-state index in [2.05, 4.69) is 299 Å². The maximum absolute atomic E-state index is 2.53. The zero-order valence-corrected chi connectivity index (χ0v) is 41.5. The highest BCUT2D eigenvalue weighted by molar-refractivity contribution is 6.13. The Morgan fingerprint density at radius 2 is 0.750 bits per heavy atom. The molecule has 0 saturated carbocycles. The molecule has 0 saturated heterocycles. The number of hydrogen-bond donors (Lipinski definition) is 0. The van der Waals surface area contributed by atoms with Crippen molar-refractivity contribution in [1.29, 1.82) is 0 Å². The van der Waals surface area contributed by atoms with E-state index in [9.17, 15) is 0 Å². The minimum atomic E-state index is -0.571. The maximum atomic E-state index is 2.53. The molecule has 3 nitrogen and oxygen atoms in total. The zero-order chi connectivity index (χ0) is 49.9. The van der Waals surface area contributed by atoms with E-state index in [0.717, 1.165) is 45.0 Å². The lowest BCUT2D eigenvalue weighted by atomic mass is 9.65. The molecule has 12 aromatic carbocycles. The number of benzene rings is 12. The fraction of sp³-hybridized carbons (Fsp3) is 0.0137. The van der Waals surface area contributed by atoms with Gasteiger partial charge in [-0.2, -0.15) is 0 Å². The van der Waals surface area contributed by atoms with Crippen LogP contribution in [0.2, 0.25) is 0 Å². The van der Waals surface area contributed by atoms with Crippen molar-refractivity contribution in [3.63, 3.8) is 0 Å². The average molecular weight is 966 g/mol. The molecule has 3 heterocycles. The second kappa shape index (κ2) is 16.5. The van der Waals surface area contributed by atoms with Crippen molar-refractivity contribution in [1.82, 2.24) is 9.13 Å². The summed E-state index contributed by atoms with van der Waals surface area (Å²) in [5.74, 6) is 0. The summed E-state index contributed by atoms with van der Waals surface area (Å²) in [6.45, 7) is 0. The zero-order valence-electron chi connectivity index (χ0n) is 41.5. The molecule has 0 radical (unpaired) electrons. The Morgan fingerprint density at radius 3 is 1.45 bits per heavy atom. The van der Waals surface area contributed by atoms with Crippen LogP contribution in [-0.2, 0) is 5.41 Å². The van der Waals surface area contributed by atoms with Crippen LogP contribution in [0.1, 0.15) is 22.3 Å². The third kappa shape index (κ3) is 5.99. The standard InChI is InChI=1S/C73H47N3/c1-2-19-48(20-3-1)49-37-39-50(40-38-49)54-21-5-12-31-66(54)74(52-42-44-53(45-43-52)75-68-33-14-7-24-58(68)59-25-8-15-34-69(59)75)67-32-13-6-22-55(67)51-41-46-57-56-23-4-10-28-62(56)73(65(57)47-51)63-29-11-17-36-71(63)76-70-35-16-9-26-60(70)61-27-18-30-64(73)72(61)76/h1-47H. The quantitative estimate of drug-likeness (QED) is 0.155. The molecule has 0 fully saturated rings. The van der Waals surface area contributed by atoms with Gasteiger partial charge >= 0.3 is 0 Å². The Hall–Kier alpha value is -9.96. The van der Waals surface area contributed by atoms with Crippen molar-refractivity contribution in [3.8, 4) is 55.9 Å². The second-order valence-electron chi connectivity index (χ2n) is 20.3. The van der Waals surface area contributed by atoms with E-state index in [1.807, 2.05) is 0 Å². The Morgan fingerprint density at radius 1 is 0.276 bits per heavy atom. The Balaban J connectivity index is 0.916. The van der Waals surface area contributed by atoms with Gasteiger partial charge in [-0.25, -0.2) is 0 Å². The minimum Gasteiger partial charge on any atom is -0.309 e. The first-order valence-electron chi connectivity index (χ1n) is 26.3. The minimum absolute atomic E-state index is 0.571. The molecule has 1 atom stereocenters. The van der Waals surface area contributed by atoms with Gasteiger partial charge in [0.05, 0.1) is 44.5 Å². The molecular formula is C73H47N3. The lowest BCUT2D eigenvalue weighted by molar-refractivity contribution is 0.749. The molecular weight excluding hydrogens is 919 g/mol. The summed E-state index contributed by atoms with van der Waals surface area (Å²) in [7, 11) is 0. The Labute approximate surface area is 441 Å². The molecule has 16 rings (SSSR count). The molecule has 3 heteroatoms. The van der Waals surface area contributed by atoms with Crippen LogP contribution < -0.4 is 4.90 Å². The number of aromatic nitrogens is 2. The summed E-state index contributed by atoms with van der Waals surface area (Å²) < 4.78 is 4.92. The molecule has 1 aliphatic carbocycles. The first-order valence-corrected chi connectivity index (χ1v) is 26.3. The predicted octanol–water partition coefficient (Wildman–Crippen LogP) is 19.0. The molecule has 14 aromatic rings. The van der Waals surface area contributed by atoms with Gasteiger partial charge in [0.25, 0.3) is 0 Å². The summed E-state index contributed by atoms with van der Waals surface area (Å²) >= 11 is 0. The van der Waals surface area contributed by atoms with E-state index in [1.165, 1.54) is 93.8 Å². The largest absolute Gasteiger partial charge is 0.309 e. The van der Waals surface area contributed by atoms with Gasteiger partial charge in [-0.05, 0) is 122 Å². The number of anilines is 3. The van der Waals surface area contributed by atoms with Crippen LogP contribution in [0, 0.1) is 0 Å². The smallest absolute Gasteiger partial charge is 0.0754 e. The molecule has 1 unspecified atom stereocenters. The fourth-order valence-electron chi connectivity index (χ4n) is 13.4. The lowest BCUT2D eigenvalue weighted by Gasteiger charge is -2.39. The van der Waals surface area contributed by atoms with Crippen molar-refractivity contribution in [2.75, 3.05) is 4.90 Å². The molecule has 1 aliphatic heterocycles. The second-order valence-corrected chi connectivity index (χ2v) is 20.3. The van der Waals surface area contributed by atoms with E-state index in [0.29, 0.717) is 0 Å². The van der Waals surface area contributed by atoms with Gasteiger partial charge < -0.3 is 14.0 Å². The van der Waals surface area contributed by atoms with Gasteiger partial charge in [0.1, 0.15) is 0 Å². The fourth-order valence-corrected chi connectivity index (χ4v) is 13.4. The third-order valence-electron chi connectivity index (χ3n) is 16.5. The van der Waals surface area contributed by atoms with Crippen LogP contribution in [0.5, 0.6) is 0 Å². The SMILES string of the molecule is c1ccc(-c2ccc(-c3ccccc3N(c3ccc(-n4c5ccccc5c5ccccc54)cc3)c3ccccc3-c3ccc4c(c3)C3(c5ccccc5-4)c4ccccc4-n4c5ccccc5c5cccc3c54)cc2)cc1. The summed E-state index contributed by atoms with van der Waals surface area (Å²) in [6, 6.07) is 106. The number of rotatable bonds is 7. The van der Waals surface area contributed by atoms with Crippen LogP contribution >= 0.6 is 0 Å². The van der Waals surface area contributed by atoms with Gasteiger partial charge in [-0.3, -0.25) is 0 Å². The predicted molar refractivity (Wildman–Crippen MR) is 317 cm³/mol. The summed E-state index contributed by atoms with van der Waals surface area (Å²) in [5.41, 5.74) is 24.7. The highest BCUT2D eigenvalue weighted by Gasteiger charge is 2.51. The maximum Gasteiger partial charge on any atom is 0.0754 e. The number of hydrogen-bond acceptors (Lipinski definition) is 1. The van der Waals surface area contributed by atoms with Crippen molar-refractivity contribution >= 4 is 60.7 Å². The third-order valence-corrected chi connectivity index (χ3v) is 16.5. The Kier molecular flexibility index (Phi) is 9.25. The van der Waals surface area contributed by atoms with Crippen LogP contribution in [0.4, 0.5) is 17.1 Å². The van der Waals surface area contributed by atoms with E-state index < -0.39 is 5.41 Å². The van der Waals surface area contributed by atoms with Gasteiger partial charge in [0.15, 0.2) is 0 Å². The van der Waals surface area contributed by atoms with Gasteiger partial charge in [-0.15, -0.1) is 0 Å². The average Bonchev–Trinajstić information content (AvgIpc) is 4.30. The molecule has 2 aromatic heterocycles. The number of para-hydroxylation sites is 7. The Bertz CT molecular complexity index is 4580. The van der Waals surface area contributed by atoms with Crippen molar-refractivity contribution < 1.29 is 0 Å². The first kappa shape index (κ1) is 42.5. The summed E-state index contributed by atoms with van der Waals surface area (Å²) in [6.07, 6.45) is 0. The van der Waals surface area contributed by atoms with E-state index >= 15 is 0 Å². The highest BCUT2D eigenvalue weighted by Crippen LogP contribution is 2.62. The van der Waals surface area contributed by atoms with Crippen molar-refractivity contribution in [3.05, 3.63) is 307 Å². The topological polar surface area (TPSA) is 13.1 Å². The molecule has 2 aliphatic rings. The molecule has 1 spiro atoms. The number of fused-ring (bicyclic) bond motifs is 15. The van der Waals surface area contributed by atoms with Gasteiger partial charge in [0, 0.05) is 44.0 Å². The number of nitrogens with zero attached hydrogens (tertiary/aromatic N) is 3. The first-order chi connectivity index (χ1) is 37.7. The van der Waals surface area contributed by atoms with Crippen molar-refractivity contribution in [2.24, 2.45) is 0 Å². The van der Waals surface area contributed by atoms with Crippen LogP contribution in [0.25, 0.3) is 99.5 Å². The molecule has 0 bridgehead atoms. The van der Waals surface area contributed by atoms with Gasteiger partial charge in [-0.1, -0.05) is 218 Å². The van der Waals surface area contributed by atoms with E-state index in [-0.39, 0.29) is 0 Å². The monoisotopic (exact) mass is 965 g/mol. The van der Waals surface area contributed by atoms with Gasteiger partial charge in [0.2, 0.25) is 0 Å². The highest BCUT2D eigenvalue weighted by atomic mass is 15.1. The van der Waals surface area contributed by atoms with Crippen LogP contribution in [0.15, 0.2) is 285 Å². The molecule has 0 amide bonds.